The van der Waals surface area contributed by atoms with Crippen molar-refractivity contribution in [1.29, 1.82) is 0 Å². The Labute approximate surface area is 108 Å². The van der Waals surface area contributed by atoms with Gasteiger partial charge in [-0.25, -0.2) is 8.42 Å². The largest absolute Gasteiger partial charge is 0.481 e. The summed E-state index contributed by atoms with van der Waals surface area (Å²) in [7, 11) is -3.46. The van der Waals surface area contributed by atoms with Crippen molar-refractivity contribution in [2.75, 3.05) is 0 Å². The van der Waals surface area contributed by atoms with E-state index in [1.165, 1.54) is 13.8 Å². The fourth-order valence-corrected chi connectivity index (χ4v) is 3.39. The molecule has 2 unspecified atom stereocenters. The van der Waals surface area contributed by atoms with Gasteiger partial charge in [0.05, 0.1) is 16.9 Å². The van der Waals surface area contributed by atoms with E-state index in [9.17, 15) is 13.2 Å². The average Bonchev–Trinajstić information content (AvgIpc) is 2.29. The number of carboxylic acid groups (broad SMARTS) is 1. The van der Waals surface area contributed by atoms with Crippen LogP contribution in [0.1, 0.15) is 25.0 Å². The summed E-state index contributed by atoms with van der Waals surface area (Å²) < 4.78 is 24.3. The SMILES string of the molecule is Cc1ccccc1CS(=O)(=O)C(C)C(C)C(=O)O. The summed E-state index contributed by atoms with van der Waals surface area (Å²) in [5.41, 5.74) is 1.62. The zero-order valence-corrected chi connectivity index (χ0v) is 11.6. The molecule has 0 radical (unpaired) electrons. The first-order chi connectivity index (χ1) is 8.25. The van der Waals surface area contributed by atoms with Crippen LogP contribution in [0.5, 0.6) is 0 Å². The zero-order valence-electron chi connectivity index (χ0n) is 10.8. The number of hydrogen-bond acceptors (Lipinski definition) is 3. The van der Waals surface area contributed by atoms with Crippen molar-refractivity contribution in [2.45, 2.75) is 31.8 Å². The summed E-state index contributed by atoms with van der Waals surface area (Å²) in [5.74, 6) is -2.10. The normalized spacial score (nSPS) is 15.1. The van der Waals surface area contributed by atoms with Crippen LogP contribution in [-0.2, 0) is 20.4 Å². The lowest BCUT2D eigenvalue weighted by Gasteiger charge is -2.17. The molecular formula is C13H18O4S. The van der Waals surface area contributed by atoms with Gasteiger partial charge >= 0.3 is 5.97 Å². The number of aliphatic carboxylic acids is 1. The lowest BCUT2D eigenvalue weighted by Crippen LogP contribution is -2.31. The molecule has 1 aromatic carbocycles. The first-order valence-corrected chi connectivity index (χ1v) is 7.46. The molecule has 4 nitrogen and oxygen atoms in total. The Morgan fingerprint density at radius 3 is 2.33 bits per heavy atom. The third-order valence-corrected chi connectivity index (χ3v) is 5.53. The molecule has 0 aliphatic carbocycles. The summed E-state index contributed by atoms with van der Waals surface area (Å²) in [6.45, 7) is 4.71. The highest BCUT2D eigenvalue weighted by Gasteiger charge is 2.31. The third kappa shape index (κ3) is 3.32. The Morgan fingerprint density at radius 1 is 1.28 bits per heavy atom. The molecular weight excluding hydrogens is 252 g/mol. The maximum Gasteiger partial charge on any atom is 0.307 e. The second-order valence-electron chi connectivity index (χ2n) is 4.57. The van der Waals surface area contributed by atoms with E-state index in [0.29, 0.717) is 0 Å². The minimum absolute atomic E-state index is 0.113. The molecule has 0 aliphatic heterocycles. The fraction of sp³-hybridized carbons (Fsp3) is 0.462. The first-order valence-electron chi connectivity index (χ1n) is 5.74. The van der Waals surface area contributed by atoms with Crippen LogP contribution in [0, 0.1) is 12.8 Å². The molecule has 0 heterocycles. The van der Waals surface area contributed by atoms with Gasteiger partial charge in [0, 0.05) is 0 Å². The molecule has 0 saturated heterocycles. The Balaban J connectivity index is 2.96. The predicted octanol–water partition coefficient (Wildman–Crippen LogP) is 2.02. The molecule has 2 atom stereocenters. The van der Waals surface area contributed by atoms with Crippen LogP contribution in [0.3, 0.4) is 0 Å². The van der Waals surface area contributed by atoms with E-state index < -0.39 is 27.0 Å². The van der Waals surface area contributed by atoms with Gasteiger partial charge in [0.2, 0.25) is 0 Å². The standard InChI is InChI=1S/C13H18O4S/c1-9-6-4-5-7-12(9)8-18(16,17)11(3)10(2)13(14)15/h4-7,10-11H,8H2,1-3H3,(H,14,15). The van der Waals surface area contributed by atoms with Crippen LogP contribution in [-0.4, -0.2) is 24.7 Å². The molecule has 0 aromatic heterocycles. The quantitative estimate of drug-likeness (QED) is 0.888. The van der Waals surface area contributed by atoms with Gasteiger partial charge in [-0.3, -0.25) is 4.79 Å². The highest BCUT2D eigenvalue weighted by atomic mass is 32.2. The van der Waals surface area contributed by atoms with Crippen LogP contribution < -0.4 is 0 Å². The summed E-state index contributed by atoms with van der Waals surface area (Å²) >= 11 is 0. The maximum absolute atomic E-state index is 12.1. The summed E-state index contributed by atoms with van der Waals surface area (Å²) in [6, 6.07) is 7.22. The van der Waals surface area contributed by atoms with Crippen molar-refractivity contribution in [2.24, 2.45) is 5.92 Å². The Kier molecular flexibility index (Phi) is 4.51. The van der Waals surface area contributed by atoms with E-state index >= 15 is 0 Å². The van der Waals surface area contributed by atoms with Crippen LogP contribution in [0.4, 0.5) is 0 Å². The lowest BCUT2D eigenvalue weighted by atomic mass is 10.1. The molecule has 0 amide bonds. The summed E-state index contributed by atoms with van der Waals surface area (Å²) in [6.07, 6.45) is 0. The van der Waals surface area contributed by atoms with Gasteiger partial charge in [0.25, 0.3) is 0 Å². The first kappa shape index (κ1) is 14.7. The minimum atomic E-state index is -3.46. The van der Waals surface area contributed by atoms with E-state index in [-0.39, 0.29) is 5.75 Å². The van der Waals surface area contributed by atoms with Gasteiger partial charge in [-0.15, -0.1) is 0 Å². The highest BCUT2D eigenvalue weighted by Crippen LogP contribution is 2.19. The predicted molar refractivity (Wildman–Crippen MR) is 70.1 cm³/mol. The molecule has 0 spiro atoms. The van der Waals surface area contributed by atoms with Gasteiger partial charge < -0.3 is 5.11 Å². The topological polar surface area (TPSA) is 71.4 Å². The third-order valence-electron chi connectivity index (χ3n) is 3.28. The second-order valence-corrected chi connectivity index (χ2v) is 6.92. The summed E-state index contributed by atoms with van der Waals surface area (Å²) in [5, 5.41) is 7.98. The molecule has 1 aromatic rings. The van der Waals surface area contributed by atoms with Crippen LogP contribution >= 0.6 is 0 Å². The van der Waals surface area contributed by atoms with Gasteiger partial charge in [-0.1, -0.05) is 31.2 Å². The van der Waals surface area contributed by atoms with Crippen LogP contribution in [0.25, 0.3) is 0 Å². The van der Waals surface area contributed by atoms with Crippen LogP contribution in [0.2, 0.25) is 0 Å². The number of aryl methyl sites for hydroxylation is 1. The highest BCUT2D eigenvalue weighted by molar-refractivity contribution is 7.91. The smallest absolute Gasteiger partial charge is 0.307 e. The average molecular weight is 270 g/mol. The Hall–Kier alpha value is -1.36. The molecule has 100 valence electrons. The van der Waals surface area contributed by atoms with Crippen LogP contribution in [0.15, 0.2) is 24.3 Å². The van der Waals surface area contributed by atoms with Gasteiger partial charge in [0.15, 0.2) is 9.84 Å². The number of hydrogen-bond donors (Lipinski definition) is 1. The molecule has 0 bridgehead atoms. The monoisotopic (exact) mass is 270 g/mol. The Morgan fingerprint density at radius 2 is 1.83 bits per heavy atom. The van der Waals surface area contributed by atoms with E-state index in [0.717, 1.165) is 11.1 Å². The molecule has 5 heteroatoms. The molecule has 18 heavy (non-hydrogen) atoms. The minimum Gasteiger partial charge on any atom is -0.481 e. The van der Waals surface area contributed by atoms with E-state index in [1.807, 2.05) is 19.1 Å². The maximum atomic E-state index is 12.1. The van der Waals surface area contributed by atoms with Crippen molar-refractivity contribution >= 4 is 15.8 Å². The van der Waals surface area contributed by atoms with Gasteiger partial charge in [0.1, 0.15) is 0 Å². The number of carbonyl (C=O) groups is 1. The molecule has 0 saturated carbocycles. The second kappa shape index (κ2) is 5.52. The number of carboxylic acids is 1. The number of rotatable bonds is 5. The number of sulfone groups is 1. The van der Waals surface area contributed by atoms with Crippen molar-refractivity contribution in [3.8, 4) is 0 Å². The fourth-order valence-electron chi connectivity index (χ4n) is 1.63. The van der Waals surface area contributed by atoms with Crippen molar-refractivity contribution < 1.29 is 18.3 Å². The Bertz CT molecular complexity index is 534. The number of benzene rings is 1. The van der Waals surface area contributed by atoms with E-state index in [4.69, 9.17) is 5.11 Å². The molecule has 1 rings (SSSR count). The van der Waals surface area contributed by atoms with Crippen molar-refractivity contribution in [3.63, 3.8) is 0 Å². The van der Waals surface area contributed by atoms with Gasteiger partial charge in [-0.05, 0) is 25.0 Å². The van der Waals surface area contributed by atoms with Crippen molar-refractivity contribution in [3.05, 3.63) is 35.4 Å². The van der Waals surface area contributed by atoms with Crippen molar-refractivity contribution in [1.82, 2.24) is 0 Å². The molecule has 0 fully saturated rings. The van der Waals surface area contributed by atoms with E-state index in [1.54, 1.807) is 12.1 Å². The molecule has 0 aliphatic rings. The van der Waals surface area contributed by atoms with Gasteiger partial charge in [-0.2, -0.15) is 0 Å². The lowest BCUT2D eigenvalue weighted by molar-refractivity contribution is -0.141. The van der Waals surface area contributed by atoms with E-state index in [2.05, 4.69) is 0 Å². The summed E-state index contributed by atoms with van der Waals surface area (Å²) in [4.78, 5) is 10.8. The molecule has 1 N–H and O–H groups in total. The zero-order chi connectivity index (χ0) is 13.9.